The predicted octanol–water partition coefficient (Wildman–Crippen LogP) is 0.738. The summed E-state index contributed by atoms with van der Waals surface area (Å²) in [6.45, 7) is 5.02. The minimum atomic E-state index is -0.916. The van der Waals surface area contributed by atoms with E-state index in [-0.39, 0.29) is 0 Å². The second-order valence-corrected chi connectivity index (χ2v) is 4.43. The predicted molar refractivity (Wildman–Crippen MR) is 58.9 cm³/mol. The molecule has 1 saturated heterocycles. The summed E-state index contributed by atoms with van der Waals surface area (Å²) in [5.74, 6) is -0.728. The van der Waals surface area contributed by atoms with Crippen LogP contribution in [0.15, 0.2) is 12.7 Å². The highest BCUT2D eigenvalue weighted by Gasteiger charge is 2.32. The fourth-order valence-electron chi connectivity index (χ4n) is 1.13. The number of carbonyl (C=O) groups excluding carboxylic acids is 2. The summed E-state index contributed by atoms with van der Waals surface area (Å²) in [4.78, 5) is 22.0. The van der Waals surface area contributed by atoms with Gasteiger partial charge in [-0.15, -0.1) is 0 Å². The summed E-state index contributed by atoms with van der Waals surface area (Å²) < 4.78 is 15.0. The van der Waals surface area contributed by atoms with E-state index in [4.69, 9.17) is 9.47 Å². The van der Waals surface area contributed by atoms with Crippen molar-refractivity contribution >= 4 is 23.7 Å². The minimum Gasteiger partial charge on any atom is -0.451 e. The highest BCUT2D eigenvalue weighted by atomic mass is 32.2. The fraction of sp³-hybridized carbons (Fsp3) is 0.600. The zero-order chi connectivity index (χ0) is 12.0. The third kappa shape index (κ3) is 4.24. The van der Waals surface area contributed by atoms with E-state index in [1.54, 1.807) is 18.7 Å². The van der Waals surface area contributed by atoms with Crippen LogP contribution in [0.5, 0.6) is 0 Å². The first-order valence-electron chi connectivity index (χ1n) is 4.78. The van der Waals surface area contributed by atoms with Crippen molar-refractivity contribution in [3.8, 4) is 0 Å². The molecule has 0 saturated carbocycles. The van der Waals surface area contributed by atoms with E-state index >= 15 is 0 Å². The van der Waals surface area contributed by atoms with Crippen molar-refractivity contribution < 1.29 is 23.8 Å². The molecule has 0 N–H and O–H groups in total. The Kier molecular flexibility index (Phi) is 4.82. The van der Waals surface area contributed by atoms with Crippen LogP contribution in [-0.4, -0.2) is 42.4 Å². The Morgan fingerprint density at radius 1 is 1.62 bits per heavy atom. The summed E-state index contributed by atoms with van der Waals surface area (Å²) in [6, 6.07) is 0. The van der Waals surface area contributed by atoms with Crippen molar-refractivity contribution in [2.75, 3.05) is 24.7 Å². The minimum absolute atomic E-state index is 0.422. The normalized spacial score (nSPS) is 24.6. The maximum Gasteiger partial charge on any atom is 0.346 e. The van der Waals surface area contributed by atoms with E-state index in [2.05, 4.69) is 11.3 Å². The summed E-state index contributed by atoms with van der Waals surface area (Å²) >= 11 is 1.65. The molecule has 6 heteroatoms. The fourth-order valence-corrected chi connectivity index (χ4v) is 1.99. The quantitative estimate of drug-likeness (QED) is 0.538. The number of carbonyl (C=O) groups is 2. The van der Waals surface area contributed by atoms with Crippen molar-refractivity contribution in [3.63, 3.8) is 0 Å². The van der Waals surface area contributed by atoms with Gasteiger partial charge in [-0.3, -0.25) is 0 Å². The highest BCUT2D eigenvalue weighted by molar-refractivity contribution is 7.99. The van der Waals surface area contributed by atoms with Crippen LogP contribution in [-0.2, 0) is 23.8 Å². The number of hydrogen-bond donors (Lipinski definition) is 0. The number of rotatable bonds is 4. The standard InChI is InChI=1S/C10H14O5S/c1-3-8(11)13-6-9(12)15-10(2)7-16-5-4-14-10/h3H,1,4-7H2,2H3. The Balaban J connectivity index is 2.32. The van der Waals surface area contributed by atoms with Crippen molar-refractivity contribution in [3.05, 3.63) is 12.7 Å². The molecule has 1 rings (SSSR count). The van der Waals surface area contributed by atoms with Crippen LogP contribution in [0.25, 0.3) is 0 Å². The molecular weight excluding hydrogens is 232 g/mol. The first kappa shape index (κ1) is 13.1. The molecule has 16 heavy (non-hydrogen) atoms. The second kappa shape index (κ2) is 5.91. The Labute approximate surface area is 98.1 Å². The zero-order valence-corrected chi connectivity index (χ0v) is 9.88. The van der Waals surface area contributed by atoms with Crippen LogP contribution in [0.2, 0.25) is 0 Å². The van der Waals surface area contributed by atoms with Gasteiger partial charge in [-0.1, -0.05) is 6.58 Å². The molecule has 0 bridgehead atoms. The van der Waals surface area contributed by atoms with Gasteiger partial charge in [0, 0.05) is 18.8 Å². The Morgan fingerprint density at radius 2 is 2.38 bits per heavy atom. The van der Waals surface area contributed by atoms with Crippen molar-refractivity contribution in [1.29, 1.82) is 0 Å². The molecule has 0 amide bonds. The molecular formula is C10H14O5S. The second-order valence-electron chi connectivity index (χ2n) is 3.32. The van der Waals surface area contributed by atoms with Crippen LogP contribution < -0.4 is 0 Å². The van der Waals surface area contributed by atoms with Gasteiger partial charge in [0.05, 0.1) is 12.4 Å². The van der Waals surface area contributed by atoms with Crippen molar-refractivity contribution in [1.82, 2.24) is 0 Å². The monoisotopic (exact) mass is 246 g/mol. The van der Waals surface area contributed by atoms with Crippen LogP contribution >= 0.6 is 11.8 Å². The molecule has 5 nitrogen and oxygen atoms in total. The third-order valence-electron chi connectivity index (χ3n) is 1.83. The molecule has 1 unspecified atom stereocenters. The molecule has 0 aromatic carbocycles. The zero-order valence-electron chi connectivity index (χ0n) is 9.06. The van der Waals surface area contributed by atoms with E-state index in [0.29, 0.717) is 12.4 Å². The van der Waals surface area contributed by atoms with Crippen molar-refractivity contribution in [2.45, 2.75) is 12.7 Å². The van der Waals surface area contributed by atoms with Crippen LogP contribution in [0.3, 0.4) is 0 Å². The molecule has 1 fully saturated rings. The molecule has 1 atom stereocenters. The summed E-state index contributed by atoms with van der Waals surface area (Å²) in [6.07, 6.45) is 0.988. The van der Waals surface area contributed by atoms with Gasteiger partial charge < -0.3 is 14.2 Å². The molecule has 0 aliphatic carbocycles. The van der Waals surface area contributed by atoms with Crippen LogP contribution in [0, 0.1) is 0 Å². The van der Waals surface area contributed by atoms with E-state index in [0.717, 1.165) is 11.8 Å². The molecule has 1 aliphatic heterocycles. The van der Waals surface area contributed by atoms with Gasteiger partial charge in [0.15, 0.2) is 6.61 Å². The topological polar surface area (TPSA) is 61.8 Å². The SMILES string of the molecule is C=CC(=O)OCC(=O)OC1(C)CSCCO1. The van der Waals surface area contributed by atoms with Crippen molar-refractivity contribution in [2.24, 2.45) is 0 Å². The van der Waals surface area contributed by atoms with Gasteiger partial charge in [0.2, 0.25) is 5.79 Å². The molecule has 0 radical (unpaired) electrons. The molecule has 0 spiro atoms. The number of thioether (sulfide) groups is 1. The summed E-state index contributed by atoms with van der Waals surface area (Å²) in [5, 5.41) is 0. The summed E-state index contributed by atoms with van der Waals surface area (Å²) in [7, 11) is 0. The number of esters is 2. The molecule has 90 valence electrons. The van der Waals surface area contributed by atoms with Gasteiger partial charge >= 0.3 is 11.9 Å². The maximum absolute atomic E-state index is 11.3. The number of ether oxygens (including phenoxy) is 3. The largest absolute Gasteiger partial charge is 0.451 e. The van der Waals surface area contributed by atoms with E-state index < -0.39 is 24.3 Å². The van der Waals surface area contributed by atoms with Crippen LogP contribution in [0.4, 0.5) is 0 Å². The average molecular weight is 246 g/mol. The van der Waals surface area contributed by atoms with Gasteiger partial charge in [-0.2, -0.15) is 11.8 Å². The Bertz CT molecular complexity index is 283. The lowest BCUT2D eigenvalue weighted by Crippen LogP contribution is -2.42. The van der Waals surface area contributed by atoms with Gasteiger partial charge in [-0.05, 0) is 0 Å². The summed E-state index contributed by atoms with van der Waals surface area (Å²) in [5.41, 5.74) is 0. The third-order valence-corrected chi connectivity index (χ3v) is 3.01. The first-order chi connectivity index (χ1) is 7.56. The molecule has 1 aliphatic rings. The highest BCUT2D eigenvalue weighted by Crippen LogP contribution is 2.24. The lowest BCUT2D eigenvalue weighted by Gasteiger charge is -2.32. The lowest BCUT2D eigenvalue weighted by atomic mass is 10.3. The van der Waals surface area contributed by atoms with Gasteiger partial charge in [-0.25, -0.2) is 9.59 Å². The molecule has 1 heterocycles. The lowest BCUT2D eigenvalue weighted by molar-refractivity contribution is -0.216. The molecule has 0 aromatic rings. The maximum atomic E-state index is 11.3. The Hall–Kier alpha value is -1.01. The Morgan fingerprint density at radius 3 is 2.94 bits per heavy atom. The van der Waals surface area contributed by atoms with Gasteiger partial charge in [0.25, 0.3) is 0 Å². The van der Waals surface area contributed by atoms with Crippen LogP contribution in [0.1, 0.15) is 6.92 Å². The smallest absolute Gasteiger partial charge is 0.346 e. The molecule has 0 aromatic heterocycles. The number of hydrogen-bond acceptors (Lipinski definition) is 6. The van der Waals surface area contributed by atoms with E-state index in [1.807, 2.05) is 0 Å². The van der Waals surface area contributed by atoms with Gasteiger partial charge in [0.1, 0.15) is 0 Å². The first-order valence-corrected chi connectivity index (χ1v) is 5.94. The average Bonchev–Trinajstić information content (AvgIpc) is 2.26. The van der Waals surface area contributed by atoms with E-state index in [1.165, 1.54) is 0 Å². The van der Waals surface area contributed by atoms with E-state index in [9.17, 15) is 9.59 Å².